The van der Waals surface area contributed by atoms with E-state index in [9.17, 15) is 31.1 Å². The Morgan fingerprint density at radius 1 is 1.40 bits per heavy atom. The van der Waals surface area contributed by atoms with Crippen molar-refractivity contribution >= 4 is 5.97 Å². The largest absolute Gasteiger partial charge is 0.466 e. The Hall–Kier alpha value is -1.80. The molecule has 0 aliphatic carbocycles. The molecule has 0 saturated heterocycles. The first-order valence-electron chi connectivity index (χ1n) is 5.37. The Balaban J connectivity index is 3.27. The monoisotopic (exact) mass is 301 g/mol. The lowest BCUT2D eigenvalue weighted by atomic mass is 10.1. The van der Waals surface area contributed by atoms with E-state index < -0.39 is 47.8 Å². The number of rotatable bonds is 4. The summed E-state index contributed by atoms with van der Waals surface area (Å²) < 4.78 is 80.2. The van der Waals surface area contributed by atoms with Crippen LogP contribution in [-0.4, -0.2) is 17.6 Å². The van der Waals surface area contributed by atoms with E-state index in [1.807, 2.05) is 0 Å². The molecule has 0 unspecified atom stereocenters. The Kier molecular flexibility index (Phi) is 4.96. The molecule has 9 heteroatoms. The van der Waals surface area contributed by atoms with Crippen molar-refractivity contribution in [3.8, 4) is 0 Å². The van der Waals surface area contributed by atoms with E-state index in [2.05, 4.69) is 9.72 Å². The van der Waals surface area contributed by atoms with Gasteiger partial charge in [0.2, 0.25) is 0 Å². The van der Waals surface area contributed by atoms with Crippen molar-refractivity contribution < 1.29 is 35.9 Å². The van der Waals surface area contributed by atoms with Crippen LogP contribution in [0.5, 0.6) is 0 Å². The first kappa shape index (κ1) is 16.3. The third-order valence-electron chi connectivity index (χ3n) is 2.21. The topological polar surface area (TPSA) is 39.2 Å². The van der Waals surface area contributed by atoms with Crippen LogP contribution in [0.4, 0.5) is 26.3 Å². The number of halogens is 6. The molecule has 0 radical (unpaired) electrons. The van der Waals surface area contributed by atoms with Gasteiger partial charge in [0.05, 0.1) is 18.7 Å². The normalized spacial score (nSPS) is 11.8. The summed E-state index contributed by atoms with van der Waals surface area (Å²) in [5, 5.41) is 0. The number of pyridine rings is 1. The highest BCUT2D eigenvalue weighted by atomic mass is 19.4. The standard InChI is InChI=1S/C11H9F6NO2/c1-2-20-8(19)4-7-5(10(13)14)3-6(12)9(18-7)11(15,16)17/h3,10H,2,4H2,1H3. The highest BCUT2D eigenvalue weighted by Gasteiger charge is 2.38. The fourth-order valence-corrected chi connectivity index (χ4v) is 1.42. The molecule has 0 N–H and O–H groups in total. The van der Waals surface area contributed by atoms with Gasteiger partial charge in [0, 0.05) is 5.56 Å². The van der Waals surface area contributed by atoms with E-state index in [-0.39, 0.29) is 12.7 Å². The zero-order valence-electron chi connectivity index (χ0n) is 10.1. The molecule has 20 heavy (non-hydrogen) atoms. The Morgan fingerprint density at radius 2 is 2.00 bits per heavy atom. The molecule has 0 amide bonds. The molecule has 1 aromatic heterocycles. The van der Waals surface area contributed by atoms with Crippen molar-refractivity contribution in [2.45, 2.75) is 25.9 Å². The van der Waals surface area contributed by atoms with Crippen LogP contribution in [0.25, 0.3) is 0 Å². The van der Waals surface area contributed by atoms with Crippen molar-refractivity contribution in [3.05, 3.63) is 28.8 Å². The molecule has 0 spiro atoms. The van der Waals surface area contributed by atoms with Gasteiger partial charge >= 0.3 is 12.1 Å². The van der Waals surface area contributed by atoms with Crippen LogP contribution in [0, 0.1) is 5.82 Å². The van der Waals surface area contributed by atoms with Crippen molar-refractivity contribution in [1.29, 1.82) is 0 Å². The summed E-state index contributed by atoms with van der Waals surface area (Å²) in [6, 6.07) is 0.0368. The number of alkyl halides is 5. The highest BCUT2D eigenvalue weighted by molar-refractivity contribution is 5.72. The van der Waals surface area contributed by atoms with E-state index in [4.69, 9.17) is 0 Å². The minimum Gasteiger partial charge on any atom is -0.466 e. The number of carbonyl (C=O) groups excluding carboxylic acids is 1. The Bertz CT molecular complexity index is 500. The zero-order chi connectivity index (χ0) is 15.5. The lowest BCUT2D eigenvalue weighted by Crippen LogP contribution is -2.17. The van der Waals surface area contributed by atoms with Crippen molar-refractivity contribution in [2.24, 2.45) is 0 Å². The molecule has 0 atom stereocenters. The average Bonchev–Trinajstić information content (AvgIpc) is 2.29. The third kappa shape index (κ3) is 3.84. The number of carbonyl (C=O) groups is 1. The van der Waals surface area contributed by atoms with Crippen LogP contribution in [-0.2, 0) is 22.1 Å². The summed E-state index contributed by atoms with van der Waals surface area (Å²) in [6.07, 6.45) is -9.30. The van der Waals surface area contributed by atoms with Crippen LogP contribution in [0.2, 0.25) is 0 Å². The van der Waals surface area contributed by atoms with Crippen LogP contribution >= 0.6 is 0 Å². The molecule has 0 aliphatic heterocycles. The van der Waals surface area contributed by atoms with Crippen molar-refractivity contribution in [1.82, 2.24) is 4.98 Å². The van der Waals surface area contributed by atoms with Gasteiger partial charge in [0.15, 0.2) is 11.5 Å². The maximum atomic E-state index is 13.1. The second-order valence-corrected chi connectivity index (χ2v) is 3.63. The summed E-state index contributed by atoms with van der Waals surface area (Å²) in [5.74, 6) is -2.94. The predicted octanol–water partition coefficient (Wildman–Crippen LogP) is 3.28. The van der Waals surface area contributed by atoms with E-state index in [1.165, 1.54) is 6.92 Å². The summed E-state index contributed by atoms with van der Waals surface area (Å²) in [6.45, 7) is 1.36. The van der Waals surface area contributed by atoms with Crippen LogP contribution < -0.4 is 0 Å². The smallest absolute Gasteiger partial charge is 0.436 e. The number of nitrogens with zero attached hydrogens (tertiary/aromatic N) is 1. The molecule has 0 bridgehead atoms. The minimum atomic E-state index is -5.14. The summed E-state index contributed by atoms with van der Waals surface area (Å²) in [4.78, 5) is 14.0. The molecule has 0 aliphatic rings. The van der Waals surface area contributed by atoms with Gasteiger partial charge < -0.3 is 4.74 Å². The first-order chi connectivity index (χ1) is 9.16. The molecule has 1 aromatic rings. The van der Waals surface area contributed by atoms with Gasteiger partial charge in [-0.2, -0.15) is 13.2 Å². The quantitative estimate of drug-likeness (QED) is 0.633. The van der Waals surface area contributed by atoms with E-state index in [0.717, 1.165) is 0 Å². The summed E-state index contributed by atoms with van der Waals surface area (Å²) >= 11 is 0. The Morgan fingerprint density at radius 3 is 2.45 bits per heavy atom. The first-order valence-corrected chi connectivity index (χ1v) is 5.37. The van der Waals surface area contributed by atoms with Crippen LogP contribution in [0.15, 0.2) is 6.07 Å². The third-order valence-corrected chi connectivity index (χ3v) is 2.21. The number of hydrogen-bond acceptors (Lipinski definition) is 3. The predicted molar refractivity (Wildman–Crippen MR) is 54.5 cm³/mol. The van der Waals surface area contributed by atoms with Gasteiger partial charge in [-0.25, -0.2) is 18.2 Å². The fourth-order valence-electron chi connectivity index (χ4n) is 1.42. The number of aromatic nitrogens is 1. The highest BCUT2D eigenvalue weighted by Crippen LogP contribution is 2.33. The SMILES string of the molecule is CCOC(=O)Cc1nc(C(F)(F)F)c(F)cc1C(F)F. The molecule has 1 rings (SSSR count). The molecule has 1 heterocycles. The molecule has 0 fully saturated rings. The maximum absolute atomic E-state index is 13.1. The van der Waals surface area contributed by atoms with Gasteiger partial charge in [0.25, 0.3) is 6.43 Å². The number of hydrogen-bond donors (Lipinski definition) is 0. The summed E-state index contributed by atoms with van der Waals surface area (Å²) in [7, 11) is 0. The van der Waals surface area contributed by atoms with Crippen molar-refractivity contribution in [3.63, 3.8) is 0 Å². The minimum absolute atomic E-state index is 0.0368. The van der Waals surface area contributed by atoms with Gasteiger partial charge in [-0.3, -0.25) is 4.79 Å². The Labute approximate surface area is 109 Å². The number of esters is 1. The van der Waals surface area contributed by atoms with Crippen LogP contribution in [0.3, 0.4) is 0 Å². The van der Waals surface area contributed by atoms with Gasteiger partial charge in [-0.15, -0.1) is 0 Å². The maximum Gasteiger partial charge on any atom is 0.436 e. The van der Waals surface area contributed by atoms with Gasteiger partial charge in [-0.05, 0) is 13.0 Å². The van der Waals surface area contributed by atoms with E-state index in [1.54, 1.807) is 0 Å². The van der Waals surface area contributed by atoms with Crippen LogP contribution in [0.1, 0.15) is 30.3 Å². The average molecular weight is 301 g/mol. The zero-order valence-corrected chi connectivity index (χ0v) is 10.1. The second-order valence-electron chi connectivity index (χ2n) is 3.63. The molecule has 112 valence electrons. The second kappa shape index (κ2) is 6.10. The summed E-state index contributed by atoms with van der Waals surface area (Å²) in [5.41, 5.74) is -3.86. The molecule has 0 saturated carbocycles. The lowest BCUT2D eigenvalue weighted by molar-refractivity contribution is -0.145. The molecule has 0 aromatic carbocycles. The van der Waals surface area contributed by atoms with E-state index in [0.29, 0.717) is 0 Å². The molecular formula is C11H9F6NO2. The van der Waals surface area contributed by atoms with Gasteiger partial charge in [0.1, 0.15) is 0 Å². The number of ether oxygens (including phenoxy) is 1. The van der Waals surface area contributed by atoms with Crippen molar-refractivity contribution in [2.75, 3.05) is 6.61 Å². The van der Waals surface area contributed by atoms with E-state index >= 15 is 0 Å². The van der Waals surface area contributed by atoms with Gasteiger partial charge in [-0.1, -0.05) is 0 Å². The molecule has 3 nitrogen and oxygen atoms in total. The fraction of sp³-hybridized carbons (Fsp3) is 0.455. The molecular weight excluding hydrogens is 292 g/mol. The lowest BCUT2D eigenvalue weighted by Gasteiger charge is -2.13.